The number of piperazine rings is 1. The van der Waals surface area contributed by atoms with Crippen LogP contribution in [-0.2, 0) is 16.2 Å². The van der Waals surface area contributed by atoms with Gasteiger partial charge in [0.05, 0.1) is 12.8 Å². The van der Waals surface area contributed by atoms with Gasteiger partial charge in [0.2, 0.25) is 0 Å². The fourth-order valence-corrected chi connectivity index (χ4v) is 3.45. The Balaban J connectivity index is 1.38. The average Bonchev–Trinajstić information content (AvgIpc) is 3.16. The van der Waals surface area contributed by atoms with Crippen molar-refractivity contribution in [2.24, 2.45) is 0 Å². The molecule has 0 aliphatic carbocycles. The van der Waals surface area contributed by atoms with Crippen molar-refractivity contribution in [2.45, 2.75) is 33.0 Å². The van der Waals surface area contributed by atoms with Gasteiger partial charge in [-0.1, -0.05) is 0 Å². The van der Waals surface area contributed by atoms with Crippen molar-refractivity contribution in [1.82, 2.24) is 24.5 Å². The van der Waals surface area contributed by atoms with E-state index in [1.54, 1.807) is 17.1 Å². The molecule has 2 aromatic heterocycles. The van der Waals surface area contributed by atoms with Crippen LogP contribution in [0.15, 0.2) is 30.7 Å². The first-order valence-electron chi connectivity index (χ1n) is 10.1. The number of imidazole rings is 1. The molecule has 0 aromatic carbocycles. The number of carbonyl (C=O) groups is 1. The minimum atomic E-state index is -0.477. The third-order valence-corrected chi connectivity index (χ3v) is 5.02. The van der Waals surface area contributed by atoms with Crippen molar-refractivity contribution in [3.05, 3.63) is 36.6 Å². The van der Waals surface area contributed by atoms with Gasteiger partial charge < -0.3 is 19.1 Å². The first-order chi connectivity index (χ1) is 14.3. The second kappa shape index (κ2) is 7.98. The molecule has 30 heavy (non-hydrogen) atoms. The molecule has 160 valence electrons. The summed E-state index contributed by atoms with van der Waals surface area (Å²) in [7, 11) is 1.64. The number of carbonyl (C=O) groups excluding carboxylic acids is 1. The van der Waals surface area contributed by atoms with E-state index < -0.39 is 5.60 Å². The number of hydrogen-bond donors (Lipinski definition) is 0. The number of anilines is 1. The van der Waals surface area contributed by atoms with Gasteiger partial charge in [0.25, 0.3) is 0 Å². The first kappa shape index (κ1) is 20.2. The van der Waals surface area contributed by atoms with Gasteiger partial charge in [-0.25, -0.2) is 19.8 Å². The molecule has 0 N–H and O–H groups in total. The third kappa shape index (κ3) is 4.40. The van der Waals surface area contributed by atoms with E-state index in [4.69, 9.17) is 9.57 Å². The summed E-state index contributed by atoms with van der Waals surface area (Å²) in [6, 6.07) is 4.04. The van der Waals surface area contributed by atoms with Crippen molar-refractivity contribution in [2.75, 3.05) is 38.2 Å². The maximum absolute atomic E-state index is 12.2. The molecular formula is C21H28N6O3. The summed E-state index contributed by atoms with van der Waals surface area (Å²) in [5.41, 5.74) is 1.36. The van der Waals surface area contributed by atoms with Crippen LogP contribution in [0.2, 0.25) is 0 Å². The lowest BCUT2D eigenvalue weighted by Crippen LogP contribution is -2.50. The smallest absolute Gasteiger partial charge is 0.410 e. The number of hydrogen-bond acceptors (Lipinski definition) is 7. The normalized spacial score (nSPS) is 16.6. The van der Waals surface area contributed by atoms with Crippen molar-refractivity contribution < 1.29 is 14.4 Å². The highest BCUT2D eigenvalue weighted by Crippen LogP contribution is 2.24. The van der Waals surface area contributed by atoms with Gasteiger partial charge >= 0.3 is 6.09 Å². The lowest BCUT2D eigenvalue weighted by atomic mass is 10.2. The summed E-state index contributed by atoms with van der Waals surface area (Å²) in [5, 5.41) is 1.73. The Morgan fingerprint density at radius 2 is 1.90 bits per heavy atom. The number of rotatable bonds is 3. The molecule has 0 spiro atoms. The van der Waals surface area contributed by atoms with Gasteiger partial charge in [-0.05, 0) is 39.0 Å². The van der Waals surface area contributed by atoms with E-state index in [1.165, 1.54) is 0 Å². The zero-order chi connectivity index (χ0) is 21.3. The number of ether oxygens (including phenoxy) is 1. The molecule has 2 aliphatic heterocycles. The Morgan fingerprint density at radius 1 is 1.13 bits per heavy atom. The topological polar surface area (TPSA) is 76.0 Å². The zero-order valence-corrected chi connectivity index (χ0v) is 17.9. The number of aromatic nitrogens is 3. The Morgan fingerprint density at radius 3 is 2.53 bits per heavy atom. The summed E-state index contributed by atoms with van der Waals surface area (Å²) in [5.74, 6) is 1.79. The van der Waals surface area contributed by atoms with E-state index in [9.17, 15) is 4.79 Å². The summed E-state index contributed by atoms with van der Waals surface area (Å²) >= 11 is 0. The SMILES string of the molecule is CON1C=Cc2nc(-c3ccc(N4CCN(C(=O)OC(C)(C)C)CC4)nc3)cn2C1. The summed E-state index contributed by atoms with van der Waals surface area (Å²) in [6.45, 7) is 8.93. The first-order valence-corrected chi connectivity index (χ1v) is 10.1. The van der Waals surface area contributed by atoms with Gasteiger partial charge in [-0.15, -0.1) is 0 Å². The Bertz CT molecular complexity index is 923. The molecule has 9 nitrogen and oxygen atoms in total. The molecule has 1 amide bonds. The average molecular weight is 412 g/mol. The molecule has 1 fully saturated rings. The van der Waals surface area contributed by atoms with Crippen molar-refractivity contribution >= 4 is 18.0 Å². The van der Waals surface area contributed by atoms with Crippen molar-refractivity contribution in [3.8, 4) is 11.3 Å². The Labute approximate surface area is 176 Å². The summed E-state index contributed by atoms with van der Waals surface area (Å²) in [6.07, 6.45) is 7.38. The largest absolute Gasteiger partial charge is 0.444 e. The van der Waals surface area contributed by atoms with Crippen LogP contribution in [0.1, 0.15) is 26.6 Å². The van der Waals surface area contributed by atoms with Crippen LogP contribution in [0.5, 0.6) is 0 Å². The van der Waals surface area contributed by atoms with Crippen LogP contribution in [0.4, 0.5) is 10.6 Å². The molecule has 0 saturated carbocycles. The molecule has 0 atom stereocenters. The lowest BCUT2D eigenvalue weighted by Gasteiger charge is -2.36. The second-order valence-electron chi connectivity index (χ2n) is 8.37. The van der Waals surface area contributed by atoms with E-state index in [0.29, 0.717) is 19.8 Å². The van der Waals surface area contributed by atoms with E-state index in [1.807, 2.05) is 62.1 Å². The fraction of sp³-hybridized carbons (Fsp3) is 0.476. The van der Waals surface area contributed by atoms with Crippen LogP contribution < -0.4 is 4.90 Å². The number of pyridine rings is 1. The van der Waals surface area contributed by atoms with Crippen LogP contribution in [-0.4, -0.2) is 69.5 Å². The highest BCUT2D eigenvalue weighted by Gasteiger charge is 2.26. The molecule has 0 unspecified atom stereocenters. The second-order valence-corrected chi connectivity index (χ2v) is 8.37. The van der Waals surface area contributed by atoms with Crippen LogP contribution >= 0.6 is 0 Å². The molecular weight excluding hydrogens is 384 g/mol. The number of nitrogens with zero attached hydrogens (tertiary/aromatic N) is 6. The monoisotopic (exact) mass is 412 g/mol. The van der Waals surface area contributed by atoms with Gasteiger partial charge in [-0.3, -0.25) is 4.84 Å². The quantitative estimate of drug-likeness (QED) is 0.767. The van der Waals surface area contributed by atoms with E-state index in [0.717, 1.165) is 36.0 Å². The van der Waals surface area contributed by atoms with Gasteiger partial charge in [0, 0.05) is 50.3 Å². The fourth-order valence-electron chi connectivity index (χ4n) is 3.45. The summed E-state index contributed by atoms with van der Waals surface area (Å²) < 4.78 is 7.49. The van der Waals surface area contributed by atoms with Crippen LogP contribution in [0.3, 0.4) is 0 Å². The molecule has 0 radical (unpaired) electrons. The van der Waals surface area contributed by atoms with Gasteiger partial charge in [-0.2, -0.15) is 0 Å². The molecule has 2 aliphatic rings. The standard InChI is InChI=1S/C21H28N6O3/c1-21(2,3)30-20(28)25-11-9-24(10-12-25)18-6-5-16(13-22-18)17-14-26-15-27(29-4)8-7-19(26)23-17/h5-8,13-14H,9-12,15H2,1-4H3. The predicted molar refractivity (Wildman–Crippen MR) is 113 cm³/mol. The van der Waals surface area contributed by atoms with Gasteiger partial charge in [0.1, 0.15) is 23.9 Å². The highest BCUT2D eigenvalue weighted by molar-refractivity contribution is 5.68. The van der Waals surface area contributed by atoms with E-state index in [2.05, 4.69) is 14.9 Å². The number of fused-ring (bicyclic) bond motifs is 1. The van der Waals surface area contributed by atoms with Crippen LogP contribution in [0, 0.1) is 0 Å². The molecule has 0 bridgehead atoms. The lowest BCUT2D eigenvalue weighted by molar-refractivity contribution is -0.112. The third-order valence-electron chi connectivity index (χ3n) is 5.02. The maximum atomic E-state index is 12.2. The highest BCUT2D eigenvalue weighted by atomic mass is 16.7. The molecule has 4 rings (SSSR count). The predicted octanol–water partition coefficient (Wildman–Crippen LogP) is 2.81. The van der Waals surface area contributed by atoms with Crippen molar-refractivity contribution in [1.29, 1.82) is 0 Å². The minimum absolute atomic E-state index is 0.254. The number of amides is 1. The summed E-state index contributed by atoms with van der Waals surface area (Å²) in [4.78, 5) is 30.7. The zero-order valence-electron chi connectivity index (χ0n) is 17.9. The molecule has 1 saturated heterocycles. The van der Waals surface area contributed by atoms with Gasteiger partial charge in [0.15, 0.2) is 0 Å². The van der Waals surface area contributed by atoms with E-state index in [-0.39, 0.29) is 6.09 Å². The van der Waals surface area contributed by atoms with E-state index >= 15 is 0 Å². The number of hydroxylamine groups is 2. The molecule has 2 aromatic rings. The Hall–Kier alpha value is -3.07. The Kier molecular flexibility index (Phi) is 5.38. The van der Waals surface area contributed by atoms with Crippen molar-refractivity contribution in [3.63, 3.8) is 0 Å². The molecule has 4 heterocycles. The minimum Gasteiger partial charge on any atom is -0.444 e. The maximum Gasteiger partial charge on any atom is 0.410 e. The van der Waals surface area contributed by atoms with Crippen LogP contribution in [0.25, 0.3) is 17.3 Å². The molecule has 9 heteroatoms.